The minimum Gasteiger partial charge on any atom is -0.387 e. The van der Waals surface area contributed by atoms with Crippen LogP contribution in [0.2, 0.25) is 0 Å². The van der Waals surface area contributed by atoms with Crippen molar-refractivity contribution in [2.45, 2.75) is 24.7 Å². The third-order valence-corrected chi connectivity index (χ3v) is 6.54. The van der Waals surface area contributed by atoms with Crippen LogP contribution in [0.15, 0.2) is 29.6 Å². The Morgan fingerprint density at radius 1 is 1.28 bits per heavy atom. The average Bonchev–Trinajstić information content (AvgIpc) is 2.70. The van der Waals surface area contributed by atoms with E-state index >= 15 is 0 Å². The van der Waals surface area contributed by atoms with Gasteiger partial charge >= 0.3 is 0 Å². The van der Waals surface area contributed by atoms with Gasteiger partial charge in [-0.05, 0) is 30.7 Å². The maximum Gasteiger partial charge on any atom is 0.155 e. The van der Waals surface area contributed by atoms with Crippen molar-refractivity contribution in [3.05, 3.63) is 35.2 Å². The summed E-state index contributed by atoms with van der Waals surface area (Å²) < 4.78 is 23.4. The Kier molecular flexibility index (Phi) is 3.25. The first-order valence-corrected chi connectivity index (χ1v) is 8.36. The lowest BCUT2D eigenvalue weighted by Gasteiger charge is -2.28. The second-order valence-electron chi connectivity index (χ2n) is 4.97. The van der Waals surface area contributed by atoms with E-state index in [4.69, 9.17) is 0 Å². The summed E-state index contributed by atoms with van der Waals surface area (Å²) in [5.41, 5.74) is 0.686. The third-order valence-electron chi connectivity index (χ3n) is 3.42. The molecule has 0 aliphatic carbocycles. The van der Waals surface area contributed by atoms with Gasteiger partial charge in [-0.1, -0.05) is 18.2 Å². The zero-order valence-electron chi connectivity index (χ0n) is 10.5. The molecule has 0 aliphatic heterocycles. The summed E-state index contributed by atoms with van der Waals surface area (Å²) in [6.45, 7) is 3.11. The van der Waals surface area contributed by atoms with Crippen LogP contribution in [-0.2, 0) is 9.84 Å². The first-order chi connectivity index (χ1) is 8.25. The van der Waals surface area contributed by atoms with E-state index in [0.717, 1.165) is 16.3 Å². The molecule has 1 unspecified atom stereocenters. The van der Waals surface area contributed by atoms with Gasteiger partial charge in [-0.2, -0.15) is 0 Å². The van der Waals surface area contributed by atoms with E-state index in [1.165, 1.54) is 11.3 Å². The van der Waals surface area contributed by atoms with E-state index in [1.807, 2.05) is 29.6 Å². The highest BCUT2D eigenvalue weighted by atomic mass is 32.2. The van der Waals surface area contributed by atoms with Gasteiger partial charge in [0.25, 0.3) is 0 Å². The molecule has 1 atom stereocenters. The molecule has 3 nitrogen and oxygen atoms in total. The van der Waals surface area contributed by atoms with Crippen molar-refractivity contribution in [2.75, 3.05) is 6.26 Å². The van der Waals surface area contributed by atoms with Crippen molar-refractivity contribution in [3.8, 4) is 0 Å². The van der Waals surface area contributed by atoms with E-state index in [1.54, 1.807) is 13.8 Å². The zero-order valence-corrected chi connectivity index (χ0v) is 12.2. The Morgan fingerprint density at radius 3 is 2.50 bits per heavy atom. The normalized spacial score (nSPS) is 14.9. The second kappa shape index (κ2) is 4.33. The molecule has 0 bridgehead atoms. The number of hydrogen-bond acceptors (Lipinski definition) is 4. The lowest BCUT2D eigenvalue weighted by molar-refractivity contribution is 0.141. The SMILES string of the molecule is CC(C)(C(O)c1csc2ccccc12)S(C)(=O)=O. The number of hydrogen-bond donors (Lipinski definition) is 1. The molecule has 0 radical (unpaired) electrons. The Balaban J connectivity index is 2.56. The molecule has 98 valence electrons. The third kappa shape index (κ3) is 2.06. The fourth-order valence-corrected chi connectivity index (χ4v) is 3.30. The van der Waals surface area contributed by atoms with Crippen LogP contribution in [0.1, 0.15) is 25.5 Å². The predicted octanol–water partition coefficient (Wildman–Crippen LogP) is 2.76. The Labute approximate surface area is 111 Å². The molecule has 0 saturated carbocycles. The van der Waals surface area contributed by atoms with Crippen molar-refractivity contribution in [1.29, 1.82) is 0 Å². The number of benzene rings is 1. The minimum atomic E-state index is -3.34. The molecule has 18 heavy (non-hydrogen) atoms. The van der Waals surface area contributed by atoms with Crippen molar-refractivity contribution in [3.63, 3.8) is 0 Å². The van der Waals surface area contributed by atoms with Gasteiger partial charge in [0.2, 0.25) is 0 Å². The summed E-state index contributed by atoms with van der Waals surface area (Å²) in [6.07, 6.45) is 0.133. The number of thiophene rings is 1. The van der Waals surface area contributed by atoms with Gasteiger partial charge in [-0.15, -0.1) is 11.3 Å². The number of aliphatic hydroxyl groups is 1. The van der Waals surface area contributed by atoms with Crippen LogP contribution in [-0.4, -0.2) is 24.5 Å². The lowest BCUT2D eigenvalue weighted by Crippen LogP contribution is -2.37. The Hall–Kier alpha value is -0.910. The van der Waals surface area contributed by atoms with Crippen LogP contribution in [0, 0.1) is 0 Å². The van der Waals surface area contributed by atoms with Crippen LogP contribution < -0.4 is 0 Å². The van der Waals surface area contributed by atoms with E-state index in [2.05, 4.69) is 0 Å². The quantitative estimate of drug-likeness (QED) is 0.943. The molecule has 0 aliphatic rings. The first-order valence-electron chi connectivity index (χ1n) is 5.59. The number of sulfone groups is 1. The van der Waals surface area contributed by atoms with Gasteiger partial charge in [0.05, 0.1) is 10.9 Å². The molecule has 5 heteroatoms. The summed E-state index contributed by atoms with van der Waals surface area (Å²) in [5.74, 6) is 0. The summed E-state index contributed by atoms with van der Waals surface area (Å²) in [6, 6.07) is 7.68. The van der Waals surface area contributed by atoms with E-state index in [-0.39, 0.29) is 0 Å². The molecule has 0 spiro atoms. The maximum absolute atomic E-state index is 11.8. The molecule has 1 heterocycles. The standard InChI is InChI=1S/C13H16O3S2/c1-13(2,18(3,15)16)12(14)10-8-17-11-7-5-4-6-9(10)11/h4-8,12,14H,1-3H3. The molecule has 1 N–H and O–H groups in total. The van der Waals surface area contributed by atoms with Crippen LogP contribution >= 0.6 is 11.3 Å². The lowest BCUT2D eigenvalue weighted by atomic mass is 9.98. The van der Waals surface area contributed by atoms with Gasteiger partial charge in [-0.3, -0.25) is 0 Å². The number of fused-ring (bicyclic) bond motifs is 1. The van der Waals surface area contributed by atoms with E-state index in [9.17, 15) is 13.5 Å². The van der Waals surface area contributed by atoms with Gasteiger partial charge < -0.3 is 5.11 Å². The maximum atomic E-state index is 11.8. The second-order valence-corrected chi connectivity index (χ2v) is 8.47. The molecule has 2 rings (SSSR count). The zero-order chi connectivity index (χ0) is 13.6. The molecule has 0 fully saturated rings. The molecular formula is C13H16O3S2. The van der Waals surface area contributed by atoms with Gasteiger partial charge in [0.15, 0.2) is 9.84 Å². The number of rotatable bonds is 3. The minimum absolute atomic E-state index is 0.686. The topological polar surface area (TPSA) is 54.4 Å². The summed E-state index contributed by atoms with van der Waals surface area (Å²) >= 11 is 1.51. The number of aliphatic hydroxyl groups excluding tert-OH is 1. The smallest absolute Gasteiger partial charge is 0.155 e. The van der Waals surface area contributed by atoms with Crippen molar-refractivity contribution in [1.82, 2.24) is 0 Å². The highest BCUT2D eigenvalue weighted by Gasteiger charge is 2.39. The highest BCUT2D eigenvalue weighted by molar-refractivity contribution is 7.92. The summed E-state index contributed by atoms with van der Waals surface area (Å²) in [5, 5.41) is 13.2. The van der Waals surface area contributed by atoms with Gasteiger partial charge in [0.1, 0.15) is 0 Å². The monoisotopic (exact) mass is 284 g/mol. The average molecular weight is 284 g/mol. The van der Waals surface area contributed by atoms with Crippen molar-refractivity contribution in [2.24, 2.45) is 0 Å². The molecule has 0 amide bonds. The van der Waals surface area contributed by atoms with E-state index in [0.29, 0.717) is 5.56 Å². The Bertz CT molecular complexity index is 668. The van der Waals surface area contributed by atoms with Gasteiger partial charge in [0, 0.05) is 16.5 Å². The van der Waals surface area contributed by atoms with Crippen molar-refractivity contribution >= 4 is 31.3 Å². The van der Waals surface area contributed by atoms with Crippen LogP contribution in [0.4, 0.5) is 0 Å². The van der Waals surface area contributed by atoms with Crippen molar-refractivity contribution < 1.29 is 13.5 Å². The molecule has 2 aromatic rings. The van der Waals surface area contributed by atoms with Crippen LogP contribution in [0.25, 0.3) is 10.1 Å². The molecule has 0 saturated heterocycles. The van der Waals surface area contributed by atoms with Crippen LogP contribution in [0.5, 0.6) is 0 Å². The highest BCUT2D eigenvalue weighted by Crippen LogP contribution is 2.38. The van der Waals surface area contributed by atoms with Crippen LogP contribution in [0.3, 0.4) is 0 Å². The largest absolute Gasteiger partial charge is 0.387 e. The predicted molar refractivity (Wildman–Crippen MR) is 75.7 cm³/mol. The van der Waals surface area contributed by atoms with E-state index < -0.39 is 20.7 Å². The summed E-state index contributed by atoms with van der Waals surface area (Å²) in [4.78, 5) is 0. The Morgan fingerprint density at radius 2 is 1.89 bits per heavy atom. The molecule has 1 aromatic carbocycles. The first kappa shape index (κ1) is 13.5. The fraction of sp³-hybridized carbons (Fsp3) is 0.385. The fourth-order valence-electron chi connectivity index (χ4n) is 1.79. The molecule has 1 aromatic heterocycles. The molecular weight excluding hydrogens is 268 g/mol. The van der Waals surface area contributed by atoms with Gasteiger partial charge in [-0.25, -0.2) is 8.42 Å². The summed E-state index contributed by atoms with van der Waals surface area (Å²) in [7, 11) is -3.34.